The molecule has 1 rings (SSSR count). The van der Waals surface area contributed by atoms with Crippen LogP contribution in [0.4, 0.5) is 0 Å². The van der Waals surface area contributed by atoms with Gasteiger partial charge in [0.1, 0.15) is 6.07 Å². The number of rotatable bonds is 3. The van der Waals surface area contributed by atoms with Crippen LogP contribution in [0.25, 0.3) is 0 Å². The number of carbonyl (C=O) groups is 1. The van der Waals surface area contributed by atoms with Gasteiger partial charge in [0.15, 0.2) is 0 Å². The third kappa shape index (κ3) is 3.57. The van der Waals surface area contributed by atoms with Crippen molar-refractivity contribution in [2.24, 2.45) is 0 Å². The Kier molecular flexibility index (Phi) is 4.66. The molecular formula is C10H8BrNO2S. The molecule has 0 aromatic heterocycles. The second-order valence-electron chi connectivity index (χ2n) is 2.62. The van der Waals surface area contributed by atoms with Gasteiger partial charge in [-0.2, -0.15) is 5.26 Å². The summed E-state index contributed by atoms with van der Waals surface area (Å²) >= 11 is 4.65. The van der Waals surface area contributed by atoms with Gasteiger partial charge in [-0.1, -0.05) is 0 Å². The molecule has 1 aromatic carbocycles. The molecule has 0 N–H and O–H groups in total. The van der Waals surface area contributed by atoms with E-state index in [1.54, 1.807) is 12.1 Å². The van der Waals surface area contributed by atoms with Crippen molar-refractivity contribution >= 4 is 33.7 Å². The third-order valence-corrected chi connectivity index (χ3v) is 3.27. The van der Waals surface area contributed by atoms with E-state index in [0.29, 0.717) is 5.56 Å². The number of thioether (sulfide) groups is 1. The minimum Gasteiger partial charge on any atom is -0.468 e. The molecule has 15 heavy (non-hydrogen) atoms. The van der Waals surface area contributed by atoms with Crippen LogP contribution in [0.5, 0.6) is 0 Å². The molecule has 0 aliphatic heterocycles. The van der Waals surface area contributed by atoms with Gasteiger partial charge in [-0.05, 0) is 34.1 Å². The van der Waals surface area contributed by atoms with Gasteiger partial charge in [0, 0.05) is 9.37 Å². The molecule has 0 heterocycles. The maximum absolute atomic E-state index is 10.9. The SMILES string of the molecule is COC(=O)CSc1ccc(C#N)c(Br)c1. The van der Waals surface area contributed by atoms with Crippen molar-refractivity contribution in [2.75, 3.05) is 12.9 Å². The second kappa shape index (κ2) is 5.79. The fourth-order valence-electron chi connectivity index (χ4n) is 0.877. The summed E-state index contributed by atoms with van der Waals surface area (Å²) in [6.45, 7) is 0. The number of nitrogens with zero attached hydrogens (tertiary/aromatic N) is 1. The number of carbonyl (C=O) groups excluding carboxylic acids is 1. The molecule has 0 saturated carbocycles. The van der Waals surface area contributed by atoms with E-state index in [-0.39, 0.29) is 11.7 Å². The molecule has 0 aliphatic carbocycles. The fourth-order valence-corrected chi connectivity index (χ4v) is 2.26. The van der Waals surface area contributed by atoms with E-state index in [2.05, 4.69) is 26.7 Å². The highest BCUT2D eigenvalue weighted by Crippen LogP contribution is 2.24. The Bertz CT molecular complexity index is 414. The average molecular weight is 286 g/mol. The van der Waals surface area contributed by atoms with Crippen molar-refractivity contribution in [3.8, 4) is 6.07 Å². The first-order chi connectivity index (χ1) is 7.17. The van der Waals surface area contributed by atoms with Crippen LogP contribution in [-0.2, 0) is 9.53 Å². The summed E-state index contributed by atoms with van der Waals surface area (Å²) in [5, 5.41) is 8.70. The van der Waals surface area contributed by atoms with Crippen LogP contribution >= 0.6 is 27.7 Å². The van der Waals surface area contributed by atoms with E-state index in [4.69, 9.17) is 5.26 Å². The number of halogens is 1. The monoisotopic (exact) mass is 285 g/mol. The summed E-state index contributed by atoms with van der Waals surface area (Å²) in [6, 6.07) is 7.38. The quantitative estimate of drug-likeness (QED) is 0.633. The van der Waals surface area contributed by atoms with E-state index in [1.807, 2.05) is 6.07 Å². The number of hydrogen-bond donors (Lipinski definition) is 0. The first-order valence-electron chi connectivity index (χ1n) is 4.06. The van der Waals surface area contributed by atoms with E-state index in [1.165, 1.54) is 18.9 Å². The summed E-state index contributed by atoms with van der Waals surface area (Å²) in [7, 11) is 1.36. The van der Waals surface area contributed by atoms with Gasteiger partial charge < -0.3 is 4.74 Å². The molecule has 0 unspecified atom stereocenters. The minimum absolute atomic E-state index is 0.263. The van der Waals surface area contributed by atoms with Crippen molar-refractivity contribution < 1.29 is 9.53 Å². The summed E-state index contributed by atoms with van der Waals surface area (Å²) in [5.41, 5.74) is 0.581. The molecule has 0 radical (unpaired) electrons. The molecule has 0 atom stereocenters. The first-order valence-corrected chi connectivity index (χ1v) is 5.84. The van der Waals surface area contributed by atoms with Crippen LogP contribution in [0, 0.1) is 11.3 Å². The van der Waals surface area contributed by atoms with E-state index < -0.39 is 0 Å². The molecule has 1 aromatic rings. The summed E-state index contributed by atoms with van der Waals surface area (Å²) in [6.07, 6.45) is 0. The Morgan fingerprint density at radius 3 is 2.93 bits per heavy atom. The van der Waals surface area contributed by atoms with Crippen molar-refractivity contribution in [2.45, 2.75) is 4.90 Å². The van der Waals surface area contributed by atoms with Crippen LogP contribution in [0.2, 0.25) is 0 Å². The Balaban J connectivity index is 2.68. The maximum atomic E-state index is 10.9. The zero-order valence-electron chi connectivity index (χ0n) is 7.99. The Morgan fingerprint density at radius 1 is 1.67 bits per heavy atom. The van der Waals surface area contributed by atoms with Crippen molar-refractivity contribution in [3.05, 3.63) is 28.2 Å². The predicted octanol–water partition coefficient (Wildman–Crippen LogP) is 2.59. The molecule has 0 spiro atoms. The minimum atomic E-state index is -0.263. The first kappa shape index (κ1) is 12.1. The van der Waals surface area contributed by atoms with Gasteiger partial charge >= 0.3 is 5.97 Å². The number of hydrogen-bond acceptors (Lipinski definition) is 4. The molecule has 78 valence electrons. The van der Waals surface area contributed by atoms with Crippen LogP contribution < -0.4 is 0 Å². The lowest BCUT2D eigenvalue weighted by Gasteiger charge is -2.01. The summed E-state index contributed by atoms with van der Waals surface area (Å²) in [4.78, 5) is 11.8. The number of benzene rings is 1. The molecule has 0 aliphatic rings. The Morgan fingerprint density at radius 2 is 2.40 bits per heavy atom. The zero-order valence-corrected chi connectivity index (χ0v) is 10.4. The van der Waals surface area contributed by atoms with Crippen LogP contribution in [0.3, 0.4) is 0 Å². The number of nitriles is 1. The molecular weight excluding hydrogens is 278 g/mol. The van der Waals surface area contributed by atoms with Crippen LogP contribution in [0.15, 0.2) is 27.6 Å². The highest BCUT2D eigenvalue weighted by molar-refractivity contribution is 9.10. The molecule has 5 heteroatoms. The van der Waals surface area contributed by atoms with Crippen LogP contribution in [0.1, 0.15) is 5.56 Å². The largest absolute Gasteiger partial charge is 0.468 e. The third-order valence-electron chi connectivity index (χ3n) is 1.65. The topological polar surface area (TPSA) is 50.1 Å². The molecule has 0 fully saturated rings. The van der Waals surface area contributed by atoms with Gasteiger partial charge in [0.2, 0.25) is 0 Å². The molecule has 3 nitrogen and oxygen atoms in total. The van der Waals surface area contributed by atoms with E-state index in [0.717, 1.165) is 9.37 Å². The second-order valence-corrected chi connectivity index (χ2v) is 4.52. The standard InChI is InChI=1S/C10H8BrNO2S/c1-14-10(13)6-15-8-3-2-7(5-12)9(11)4-8/h2-4H,6H2,1H3. The van der Waals surface area contributed by atoms with Crippen molar-refractivity contribution in [1.29, 1.82) is 5.26 Å². The van der Waals surface area contributed by atoms with Gasteiger partial charge in [-0.25, -0.2) is 0 Å². The lowest BCUT2D eigenvalue weighted by molar-refractivity contribution is -0.137. The highest BCUT2D eigenvalue weighted by atomic mass is 79.9. The Labute approximate surface area is 101 Å². The molecule has 0 bridgehead atoms. The number of esters is 1. The van der Waals surface area contributed by atoms with Gasteiger partial charge in [-0.15, -0.1) is 11.8 Å². The summed E-state index contributed by atoms with van der Waals surface area (Å²) < 4.78 is 5.26. The predicted molar refractivity (Wildman–Crippen MR) is 61.6 cm³/mol. The smallest absolute Gasteiger partial charge is 0.315 e. The highest BCUT2D eigenvalue weighted by Gasteiger charge is 2.04. The van der Waals surface area contributed by atoms with Gasteiger partial charge in [0.05, 0.1) is 18.4 Å². The lowest BCUT2D eigenvalue weighted by atomic mass is 10.2. The zero-order chi connectivity index (χ0) is 11.3. The van der Waals surface area contributed by atoms with Crippen molar-refractivity contribution in [1.82, 2.24) is 0 Å². The fraction of sp³-hybridized carbons (Fsp3) is 0.200. The normalized spacial score (nSPS) is 9.40. The van der Waals surface area contributed by atoms with Crippen molar-refractivity contribution in [3.63, 3.8) is 0 Å². The van der Waals surface area contributed by atoms with Gasteiger partial charge in [0.25, 0.3) is 0 Å². The lowest BCUT2D eigenvalue weighted by Crippen LogP contribution is -2.02. The van der Waals surface area contributed by atoms with E-state index >= 15 is 0 Å². The summed E-state index contributed by atoms with van der Waals surface area (Å²) in [5.74, 6) is 0.00922. The molecule has 0 saturated heterocycles. The molecule has 0 amide bonds. The Hall–Kier alpha value is -0.990. The van der Waals surface area contributed by atoms with E-state index in [9.17, 15) is 4.79 Å². The maximum Gasteiger partial charge on any atom is 0.315 e. The average Bonchev–Trinajstić information content (AvgIpc) is 2.26. The number of methoxy groups -OCH3 is 1. The number of ether oxygens (including phenoxy) is 1. The van der Waals surface area contributed by atoms with Crippen LogP contribution in [-0.4, -0.2) is 18.8 Å². The van der Waals surface area contributed by atoms with Gasteiger partial charge in [-0.3, -0.25) is 4.79 Å².